The van der Waals surface area contributed by atoms with Gasteiger partial charge in [-0.05, 0) is 25.0 Å². The minimum Gasteiger partial charge on any atom is -0.306 e. The summed E-state index contributed by atoms with van der Waals surface area (Å²) in [7, 11) is 0. The summed E-state index contributed by atoms with van der Waals surface area (Å²) < 4.78 is 1.42. The number of hydrogen-bond acceptors (Lipinski definition) is 3. The molecule has 0 bridgehead atoms. The van der Waals surface area contributed by atoms with E-state index >= 15 is 0 Å². The summed E-state index contributed by atoms with van der Waals surface area (Å²) in [5.74, 6) is 0. The maximum absolute atomic E-state index is 8.67. The van der Waals surface area contributed by atoms with E-state index in [0.29, 0.717) is 10.8 Å². The molecule has 0 amide bonds. The second-order valence-electron chi connectivity index (χ2n) is 3.64. The predicted octanol–water partition coefficient (Wildman–Crippen LogP) is 4.40. The van der Waals surface area contributed by atoms with Crippen molar-refractivity contribution in [2.24, 2.45) is 0 Å². The molecule has 0 aromatic carbocycles. The molecule has 2 unspecified atom stereocenters. The van der Waals surface area contributed by atoms with Crippen LogP contribution < -0.4 is 5.32 Å². The van der Waals surface area contributed by atoms with Crippen molar-refractivity contribution >= 4 is 34.5 Å². The quantitative estimate of drug-likeness (QED) is 0.866. The zero-order valence-corrected chi connectivity index (χ0v) is 11.6. The van der Waals surface area contributed by atoms with Crippen LogP contribution in [0.3, 0.4) is 0 Å². The Morgan fingerprint density at radius 3 is 2.69 bits per heavy atom. The highest BCUT2D eigenvalue weighted by molar-refractivity contribution is 7.20. The van der Waals surface area contributed by atoms with E-state index in [9.17, 15) is 0 Å². The van der Waals surface area contributed by atoms with Gasteiger partial charge in [-0.25, -0.2) is 0 Å². The maximum atomic E-state index is 8.67. The van der Waals surface area contributed by atoms with Crippen molar-refractivity contribution in [2.75, 3.05) is 0 Å². The molecule has 0 aliphatic rings. The predicted molar refractivity (Wildman–Crippen MR) is 70.2 cm³/mol. The van der Waals surface area contributed by atoms with E-state index in [1.54, 1.807) is 0 Å². The number of nitrogens with one attached hydrogen (secondary N) is 1. The Morgan fingerprint density at radius 2 is 2.25 bits per heavy atom. The Bertz CT molecular complexity index is 384. The molecular formula is C11H14Cl2N2S. The lowest BCUT2D eigenvalue weighted by molar-refractivity contribution is 0.448. The normalized spacial score (nSPS) is 14.4. The van der Waals surface area contributed by atoms with Crippen molar-refractivity contribution in [2.45, 2.75) is 38.8 Å². The molecule has 0 fully saturated rings. The summed E-state index contributed by atoms with van der Waals surface area (Å²) in [5.41, 5.74) is 1.01. The van der Waals surface area contributed by atoms with Crippen LogP contribution in [0, 0.1) is 11.3 Å². The highest BCUT2D eigenvalue weighted by atomic mass is 35.5. The van der Waals surface area contributed by atoms with Crippen LogP contribution in [-0.2, 0) is 0 Å². The molecule has 88 valence electrons. The topological polar surface area (TPSA) is 35.8 Å². The summed E-state index contributed by atoms with van der Waals surface area (Å²) in [6.45, 7) is 4.09. The first-order valence-electron chi connectivity index (χ1n) is 5.16. The second kappa shape index (κ2) is 6.46. The summed E-state index contributed by atoms with van der Waals surface area (Å²) in [5, 5.41) is 12.1. The Kier molecular flexibility index (Phi) is 5.57. The van der Waals surface area contributed by atoms with Gasteiger partial charge in [0.15, 0.2) is 0 Å². The molecule has 0 aliphatic heterocycles. The molecule has 2 atom stereocenters. The van der Waals surface area contributed by atoms with E-state index in [1.807, 2.05) is 13.0 Å². The Balaban J connectivity index is 2.68. The van der Waals surface area contributed by atoms with Crippen molar-refractivity contribution in [1.29, 1.82) is 5.26 Å². The van der Waals surface area contributed by atoms with Crippen LogP contribution in [0.4, 0.5) is 0 Å². The third-order valence-corrected chi connectivity index (χ3v) is 3.98. The van der Waals surface area contributed by atoms with Crippen molar-refractivity contribution in [3.63, 3.8) is 0 Å². The molecule has 0 spiro atoms. The average molecular weight is 277 g/mol. The van der Waals surface area contributed by atoms with Gasteiger partial charge in [0.25, 0.3) is 0 Å². The summed E-state index contributed by atoms with van der Waals surface area (Å²) >= 11 is 13.3. The van der Waals surface area contributed by atoms with Crippen molar-refractivity contribution in [1.82, 2.24) is 5.32 Å². The molecule has 16 heavy (non-hydrogen) atoms. The van der Waals surface area contributed by atoms with Gasteiger partial charge >= 0.3 is 0 Å². The largest absolute Gasteiger partial charge is 0.306 e. The molecule has 1 aromatic rings. The smallest absolute Gasteiger partial charge is 0.0991 e. The monoisotopic (exact) mass is 276 g/mol. The molecule has 5 heteroatoms. The van der Waals surface area contributed by atoms with Crippen molar-refractivity contribution in [3.8, 4) is 6.07 Å². The number of nitriles is 1. The fourth-order valence-electron chi connectivity index (χ4n) is 1.52. The zero-order valence-electron chi connectivity index (χ0n) is 9.26. The third-order valence-electron chi connectivity index (χ3n) is 2.47. The molecular weight excluding hydrogens is 263 g/mol. The van der Waals surface area contributed by atoms with Crippen LogP contribution in [0.2, 0.25) is 8.67 Å². The first-order chi connectivity index (χ1) is 7.58. The lowest BCUT2D eigenvalue weighted by atomic mass is 10.1. The van der Waals surface area contributed by atoms with Crippen LogP contribution in [-0.4, -0.2) is 6.04 Å². The second-order valence-corrected chi connectivity index (χ2v) is 5.92. The van der Waals surface area contributed by atoms with Crippen LogP contribution in [0.1, 0.15) is 38.3 Å². The molecule has 1 aromatic heterocycles. The molecule has 0 saturated carbocycles. The molecule has 0 radical (unpaired) electrons. The average Bonchev–Trinajstić information content (AvgIpc) is 2.57. The van der Waals surface area contributed by atoms with E-state index in [-0.39, 0.29) is 12.1 Å². The Labute approximate surface area is 110 Å². The molecule has 1 rings (SSSR count). The third kappa shape index (κ3) is 3.64. The summed E-state index contributed by atoms with van der Waals surface area (Å²) in [6.07, 6.45) is 1.43. The lowest BCUT2D eigenvalue weighted by Crippen LogP contribution is -2.30. The summed E-state index contributed by atoms with van der Waals surface area (Å²) in [4.78, 5) is 0. The number of thiophene rings is 1. The Hall–Kier alpha value is -0.270. The number of halogens is 2. The minimum atomic E-state index is 0.120. The number of nitrogens with zero attached hydrogens (tertiary/aromatic N) is 1. The first-order valence-corrected chi connectivity index (χ1v) is 6.73. The highest BCUT2D eigenvalue weighted by Gasteiger charge is 2.16. The standard InChI is InChI=1S/C11H14Cl2N2S/c1-3-8(4-5-14)15-7(2)9-6-10(12)16-11(9)13/h6-8,15H,3-4H2,1-2H3. The molecule has 1 heterocycles. The van der Waals surface area contributed by atoms with Gasteiger partial charge in [-0.2, -0.15) is 5.26 Å². The molecule has 0 aliphatic carbocycles. The van der Waals surface area contributed by atoms with E-state index in [0.717, 1.165) is 16.3 Å². The zero-order chi connectivity index (χ0) is 12.1. The van der Waals surface area contributed by atoms with E-state index in [4.69, 9.17) is 28.5 Å². The van der Waals surface area contributed by atoms with Gasteiger partial charge in [-0.15, -0.1) is 11.3 Å². The van der Waals surface area contributed by atoms with E-state index in [1.165, 1.54) is 11.3 Å². The molecule has 0 saturated heterocycles. The van der Waals surface area contributed by atoms with Gasteiger partial charge in [-0.3, -0.25) is 0 Å². The van der Waals surface area contributed by atoms with Gasteiger partial charge in [0, 0.05) is 12.1 Å². The maximum Gasteiger partial charge on any atom is 0.0991 e. The van der Waals surface area contributed by atoms with Crippen LogP contribution in [0.25, 0.3) is 0 Å². The molecule has 1 N–H and O–H groups in total. The molecule has 2 nitrogen and oxygen atoms in total. The van der Waals surface area contributed by atoms with Crippen LogP contribution in [0.15, 0.2) is 6.07 Å². The number of rotatable bonds is 5. The minimum absolute atomic E-state index is 0.120. The van der Waals surface area contributed by atoms with Crippen LogP contribution in [0.5, 0.6) is 0 Å². The summed E-state index contributed by atoms with van der Waals surface area (Å²) in [6, 6.07) is 4.38. The van der Waals surface area contributed by atoms with Gasteiger partial charge in [0.05, 0.1) is 21.2 Å². The lowest BCUT2D eigenvalue weighted by Gasteiger charge is -2.19. The number of hydrogen-bond donors (Lipinski definition) is 1. The van der Waals surface area contributed by atoms with Crippen LogP contribution >= 0.6 is 34.5 Å². The van der Waals surface area contributed by atoms with Gasteiger partial charge < -0.3 is 5.32 Å². The SMILES string of the molecule is CCC(CC#N)NC(C)c1cc(Cl)sc1Cl. The van der Waals surface area contributed by atoms with E-state index in [2.05, 4.69) is 18.3 Å². The van der Waals surface area contributed by atoms with E-state index < -0.39 is 0 Å². The highest BCUT2D eigenvalue weighted by Crippen LogP contribution is 2.35. The van der Waals surface area contributed by atoms with Gasteiger partial charge in [-0.1, -0.05) is 30.1 Å². The van der Waals surface area contributed by atoms with Crippen molar-refractivity contribution < 1.29 is 0 Å². The van der Waals surface area contributed by atoms with Gasteiger partial charge in [0.1, 0.15) is 0 Å². The van der Waals surface area contributed by atoms with Gasteiger partial charge in [0.2, 0.25) is 0 Å². The fourth-order valence-corrected chi connectivity index (χ4v) is 3.17. The van der Waals surface area contributed by atoms with Crippen molar-refractivity contribution in [3.05, 3.63) is 20.3 Å². The fraction of sp³-hybridized carbons (Fsp3) is 0.545. The Morgan fingerprint density at radius 1 is 1.56 bits per heavy atom. The first kappa shape index (κ1) is 13.8.